The first kappa shape index (κ1) is 16.6. The number of aliphatic carboxylic acids is 1. The summed E-state index contributed by atoms with van der Waals surface area (Å²) in [6.07, 6.45) is 2.17. The quantitative estimate of drug-likeness (QED) is 0.536. The maximum atomic E-state index is 11.3. The lowest BCUT2D eigenvalue weighted by molar-refractivity contribution is -0.141. The van der Waals surface area contributed by atoms with Crippen molar-refractivity contribution in [2.45, 2.75) is 38.3 Å². The Kier molecular flexibility index (Phi) is 4.81. The Hall–Kier alpha value is -1.29. The highest BCUT2D eigenvalue weighted by atomic mass is 35.5. The van der Waals surface area contributed by atoms with Gasteiger partial charge >= 0.3 is 5.97 Å². The fourth-order valence-electron chi connectivity index (χ4n) is 2.88. The molecular formula is C13H18ClN5O3S. The van der Waals surface area contributed by atoms with Crippen molar-refractivity contribution in [2.24, 2.45) is 5.92 Å². The number of anilines is 2. The van der Waals surface area contributed by atoms with Crippen molar-refractivity contribution in [3.8, 4) is 0 Å². The number of carboxylic acids is 1. The fraction of sp³-hybridized carbons (Fsp3) is 0.615. The first-order valence-electron chi connectivity index (χ1n) is 7.43. The zero-order valence-corrected chi connectivity index (χ0v) is 14.1. The summed E-state index contributed by atoms with van der Waals surface area (Å²) in [4.78, 5) is 19.5. The first-order valence-corrected chi connectivity index (χ1v) is 8.75. The molecule has 3 unspecified atom stereocenters. The van der Waals surface area contributed by atoms with Gasteiger partial charge in [0.2, 0.25) is 0 Å². The van der Waals surface area contributed by atoms with Crippen molar-refractivity contribution >= 4 is 41.0 Å². The summed E-state index contributed by atoms with van der Waals surface area (Å²) in [5, 5.41) is 21.7. The molecule has 3 atom stereocenters. The van der Waals surface area contributed by atoms with Crippen molar-refractivity contribution < 1.29 is 15.0 Å². The van der Waals surface area contributed by atoms with Gasteiger partial charge in [-0.1, -0.05) is 23.0 Å². The Morgan fingerprint density at radius 3 is 2.96 bits per heavy atom. The van der Waals surface area contributed by atoms with Gasteiger partial charge < -0.3 is 10.2 Å². The van der Waals surface area contributed by atoms with Crippen molar-refractivity contribution in [2.75, 3.05) is 16.2 Å². The number of aliphatic hydroxyl groups excluding tert-OH is 1. The molecule has 3 N–H and O–H groups in total. The number of carboxylic acid groups (broad SMARTS) is 1. The molecule has 1 aliphatic carbocycles. The molecule has 0 bridgehead atoms. The van der Waals surface area contributed by atoms with E-state index in [1.54, 1.807) is 9.53 Å². The van der Waals surface area contributed by atoms with Gasteiger partial charge in [0, 0.05) is 5.75 Å². The summed E-state index contributed by atoms with van der Waals surface area (Å²) in [5.41, 5.74) is 3.71. The number of aliphatic hydroxyl groups is 1. The zero-order chi connectivity index (χ0) is 16.6. The van der Waals surface area contributed by atoms with Crippen LogP contribution in [0.3, 0.4) is 0 Å². The smallest absolute Gasteiger partial charge is 0.306 e. The van der Waals surface area contributed by atoms with Crippen LogP contribution in [0.4, 0.5) is 11.5 Å². The van der Waals surface area contributed by atoms with E-state index >= 15 is 0 Å². The molecule has 0 aromatic carbocycles. The molecule has 1 saturated carbocycles. The van der Waals surface area contributed by atoms with Crippen molar-refractivity contribution in [3.05, 3.63) is 11.5 Å². The number of hydrazine groups is 2. The highest BCUT2D eigenvalue weighted by Crippen LogP contribution is 2.43. The molecule has 3 rings (SSSR count). The summed E-state index contributed by atoms with van der Waals surface area (Å²) in [5.74, 6) is -0.0289. The molecule has 1 fully saturated rings. The van der Waals surface area contributed by atoms with Gasteiger partial charge in [0.1, 0.15) is 12.0 Å². The molecule has 0 radical (unpaired) electrons. The van der Waals surface area contributed by atoms with E-state index in [2.05, 4.69) is 22.3 Å². The van der Waals surface area contributed by atoms with Crippen LogP contribution in [-0.2, 0) is 4.79 Å². The molecule has 126 valence electrons. The summed E-state index contributed by atoms with van der Waals surface area (Å²) in [7, 11) is 0. The fourth-order valence-corrected chi connectivity index (χ4v) is 3.89. The standard InChI is InChI=1S/C13H18ClN5O3S/c1-2-3-23-19-17-10-11(14)15-6-16-12(10)18(19)8-4-7(13(21)22)5-9(8)20/h6-9,17,20H,2-5H2,1H3,(H,21,22). The predicted molar refractivity (Wildman–Crippen MR) is 87.9 cm³/mol. The van der Waals surface area contributed by atoms with Gasteiger partial charge in [-0.05, 0) is 31.2 Å². The molecule has 10 heteroatoms. The molecule has 2 heterocycles. The Balaban J connectivity index is 1.90. The summed E-state index contributed by atoms with van der Waals surface area (Å²) < 4.78 is 1.77. The molecule has 8 nitrogen and oxygen atoms in total. The number of halogens is 1. The van der Waals surface area contributed by atoms with Crippen LogP contribution < -0.4 is 10.4 Å². The SMILES string of the molecule is CCCSN1Nc2c(Cl)ncnc2N1C1CC(C(=O)O)CC1O. The zero-order valence-electron chi connectivity index (χ0n) is 12.5. The second kappa shape index (κ2) is 6.68. The molecule has 23 heavy (non-hydrogen) atoms. The van der Waals surface area contributed by atoms with Crippen LogP contribution in [0.1, 0.15) is 26.2 Å². The van der Waals surface area contributed by atoms with Crippen LogP contribution in [0.5, 0.6) is 0 Å². The minimum atomic E-state index is -0.882. The number of hydrogen-bond acceptors (Lipinski definition) is 8. The molecule has 0 saturated heterocycles. The summed E-state index contributed by atoms with van der Waals surface area (Å²) in [6, 6.07) is -0.375. The normalized spacial score (nSPS) is 27.1. The highest BCUT2D eigenvalue weighted by Gasteiger charge is 2.46. The molecule has 0 amide bonds. The minimum absolute atomic E-state index is 0.233. The van der Waals surface area contributed by atoms with Crippen LogP contribution in [0.25, 0.3) is 0 Å². The third-order valence-corrected chi connectivity index (χ3v) is 5.37. The van der Waals surface area contributed by atoms with Crippen LogP contribution in [0, 0.1) is 5.92 Å². The number of nitrogens with one attached hydrogen (secondary N) is 1. The third kappa shape index (κ3) is 3.06. The van der Waals surface area contributed by atoms with Crippen LogP contribution >= 0.6 is 23.5 Å². The lowest BCUT2D eigenvalue weighted by atomic mass is 10.1. The topological polar surface area (TPSA) is 102 Å². The van der Waals surface area contributed by atoms with Crippen molar-refractivity contribution in [1.82, 2.24) is 14.5 Å². The predicted octanol–water partition coefficient (Wildman–Crippen LogP) is 1.78. The molecule has 0 spiro atoms. The Morgan fingerprint density at radius 1 is 1.52 bits per heavy atom. The average molecular weight is 360 g/mol. The Morgan fingerprint density at radius 2 is 2.30 bits per heavy atom. The number of fused-ring (bicyclic) bond motifs is 1. The lowest BCUT2D eigenvalue weighted by Gasteiger charge is -2.33. The van der Waals surface area contributed by atoms with E-state index in [1.807, 2.05) is 0 Å². The largest absolute Gasteiger partial charge is 0.481 e. The molecule has 2 aliphatic rings. The van der Waals surface area contributed by atoms with Gasteiger partial charge in [-0.25, -0.2) is 9.97 Å². The van der Waals surface area contributed by atoms with Crippen LogP contribution in [0.15, 0.2) is 6.33 Å². The maximum absolute atomic E-state index is 11.3. The van der Waals surface area contributed by atoms with Gasteiger partial charge in [-0.15, -0.1) is 0 Å². The first-order chi connectivity index (χ1) is 11.0. The van der Waals surface area contributed by atoms with Gasteiger partial charge in [0.05, 0.1) is 18.1 Å². The van der Waals surface area contributed by atoms with Crippen molar-refractivity contribution in [1.29, 1.82) is 0 Å². The molecule has 1 aromatic rings. The van der Waals surface area contributed by atoms with E-state index in [0.29, 0.717) is 23.1 Å². The second-order valence-corrected chi connectivity index (χ2v) is 6.94. The van der Waals surface area contributed by atoms with E-state index in [9.17, 15) is 15.0 Å². The average Bonchev–Trinajstić information content (AvgIpc) is 3.06. The van der Waals surface area contributed by atoms with E-state index in [1.165, 1.54) is 18.3 Å². The number of nitrogens with zero attached hydrogens (tertiary/aromatic N) is 4. The molecular weight excluding hydrogens is 342 g/mol. The number of aromatic nitrogens is 2. The van der Waals surface area contributed by atoms with E-state index < -0.39 is 18.0 Å². The van der Waals surface area contributed by atoms with Crippen molar-refractivity contribution in [3.63, 3.8) is 0 Å². The minimum Gasteiger partial charge on any atom is -0.481 e. The van der Waals surface area contributed by atoms with Crippen LogP contribution in [0.2, 0.25) is 5.15 Å². The maximum Gasteiger partial charge on any atom is 0.306 e. The monoisotopic (exact) mass is 359 g/mol. The summed E-state index contributed by atoms with van der Waals surface area (Å²) in [6.45, 7) is 2.07. The Bertz CT molecular complexity index is 607. The number of carbonyl (C=O) groups is 1. The van der Waals surface area contributed by atoms with Gasteiger partial charge in [0.15, 0.2) is 11.0 Å². The van der Waals surface area contributed by atoms with E-state index in [-0.39, 0.29) is 12.5 Å². The van der Waals surface area contributed by atoms with E-state index in [0.717, 1.165) is 12.2 Å². The molecule has 1 aromatic heterocycles. The van der Waals surface area contributed by atoms with Gasteiger partial charge in [0.25, 0.3) is 0 Å². The lowest BCUT2D eigenvalue weighted by Crippen LogP contribution is -2.48. The number of hydrogen-bond donors (Lipinski definition) is 3. The molecule has 1 aliphatic heterocycles. The summed E-state index contributed by atoms with van der Waals surface area (Å²) >= 11 is 7.64. The van der Waals surface area contributed by atoms with Gasteiger partial charge in [-0.3, -0.25) is 15.2 Å². The Labute approximate surface area is 142 Å². The van der Waals surface area contributed by atoms with Gasteiger partial charge in [-0.2, -0.15) is 0 Å². The number of rotatable bonds is 5. The highest BCUT2D eigenvalue weighted by molar-refractivity contribution is 7.97. The second-order valence-electron chi connectivity index (χ2n) is 5.57. The van der Waals surface area contributed by atoms with E-state index in [4.69, 9.17) is 11.6 Å². The third-order valence-electron chi connectivity index (χ3n) is 3.98. The van der Waals surface area contributed by atoms with Crippen LogP contribution in [-0.4, -0.2) is 48.6 Å².